The molecular weight excluding hydrogens is 228 g/mol. The summed E-state index contributed by atoms with van der Waals surface area (Å²) in [6.45, 7) is 10.7. The van der Waals surface area contributed by atoms with Crippen molar-refractivity contribution in [3.63, 3.8) is 0 Å². The summed E-state index contributed by atoms with van der Waals surface area (Å²) in [7, 11) is 0. The van der Waals surface area contributed by atoms with Gasteiger partial charge in [-0.15, -0.1) is 0 Å². The highest BCUT2D eigenvalue weighted by atomic mass is 16.5. The van der Waals surface area contributed by atoms with Gasteiger partial charge >= 0.3 is 0 Å². The normalized spacial score (nSPS) is 12.5. The van der Waals surface area contributed by atoms with Crippen LogP contribution in [0.3, 0.4) is 0 Å². The number of aromatic nitrogens is 2. The predicted octanol–water partition coefficient (Wildman–Crippen LogP) is 2.38. The summed E-state index contributed by atoms with van der Waals surface area (Å²) >= 11 is 0. The Labute approximate surface area is 109 Å². The van der Waals surface area contributed by atoms with Gasteiger partial charge in [0.25, 0.3) is 0 Å². The van der Waals surface area contributed by atoms with Crippen LogP contribution in [0.15, 0.2) is 12.4 Å². The van der Waals surface area contributed by atoms with Crippen LogP contribution in [0, 0.1) is 5.92 Å². The molecule has 102 valence electrons. The number of nitrogens with zero attached hydrogens (tertiary/aromatic N) is 2. The third kappa shape index (κ3) is 4.87. The van der Waals surface area contributed by atoms with Crippen molar-refractivity contribution in [2.75, 3.05) is 30.4 Å². The first-order valence-electron chi connectivity index (χ1n) is 6.57. The summed E-state index contributed by atoms with van der Waals surface area (Å²) in [6, 6.07) is 2.18. The van der Waals surface area contributed by atoms with E-state index in [2.05, 4.69) is 34.4 Å². The Morgan fingerprint density at radius 1 is 1.22 bits per heavy atom. The van der Waals surface area contributed by atoms with Crippen LogP contribution in [0.5, 0.6) is 0 Å². The molecule has 0 aliphatic rings. The van der Waals surface area contributed by atoms with E-state index in [1.54, 1.807) is 6.33 Å². The van der Waals surface area contributed by atoms with Gasteiger partial charge in [-0.3, -0.25) is 0 Å². The molecule has 0 saturated heterocycles. The van der Waals surface area contributed by atoms with Crippen molar-refractivity contribution in [2.24, 2.45) is 5.92 Å². The van der Waals surface area contributed by atoms with Gasteiger partial charge in [0.1, 0.15) is 18.0 Å². The number of ether oxygens (including phenoxy) is 1. The highest BCUT2D eigenvalue weighted by molar-refractivity contribution is 5.46. The molecule has 1 aromatic heterocycles. The molecule has 1 aromatic rings. The van der Waals surface area contributed by atoms with Crippen molar-refractivity contribution in [3.05, 3.63) is 12.4 Å². The summed E-state index contributed by atoms with van der Waals surface area (Å²) < 4.78 is 5.49. The molecule has 0 aromatic carbocycles. The average Bonchev–Trinajstić information content (AvgIpc) is 2.35. The van der Waals surface area contributed by atoms with Crippen LogP contribution in [0.1, 0.15) is 27.7 Å². The first kappa shape index (κ1) is 14.7. The second kappa shape index (κ2) is 7.87. The molecule has 0 aliphatic heterocycles. The van der Waals surface area contributed by atoms with E-state index in [1.807, 2.05) is 19.9 Å². The van der Waals surface area contributed by atoms with E-state index in [9.17, 15) is 0 Å². The molecule has 0 fully saturated rings. The van der Waals surface area contributed by atoms with E-state index in [-0.39, 0.29) is 6.04 Å². The second-order valence-corrected chi connectivity index (χ2v) is 4.47. The van der Waals surface area contributed by atoms with Crippen LogP contribution in [-0.4, -0.2) is 35.8 Å². The van der Waals surface area contributed by atoms with Gasteiger partial charge in [-0.1, -0.05) is 13.8 Å². The van der Waals surface area contributed by atoms with Gasteiger partial charge in [0.2, 0.25) is 0 Å². The van der Waals surface area contributed by atoms with Gasteiger partial charge < -0.3 is 15.4 Å². The van der Waals surface area contributed by atoms with E-state index in [0.717, 1.165) is 24.8 Å². The summed E-state index contributed by atoms with van der Waals surface area (Å²) in [4.78, 5) is 8.38. The SMILES string of the molecule is CCNc1cc(NC(COCC)C(C)C)ncn1. The Kier molecular flexibility index (Phi) is 6.43. The lowest BCUT2D eigenvalue weighted by Crippen LogP contribution is -2.31. The number of nitrogens with one attached hydrogen (secondary N) is 2. The summed E-state index contributed by atoms with van der Waals surface area (Å²) in [5.41, 5.74) is 0. The van der Waals surface area contributed by atoms with Gasteiger partial charge in [-0.25, -0.2) is 9.97 Å². The fourth-order valence-electron chi connectivity index (χ4n) is 1.55. The Hall–Kier alpha value is -1.36. The molecule has 1 unspecified atom stereocenters. The molecule has 0 bridgehead atoms. The van der Waals surface area contributed by atoms with Crippen molar-refractivity contribution in [3.8, 4) is 0 Å². The van der Waals surface area contributed by atoms with Gasteiger partial charge in [0.05, 0.1) is 12.6 Å². The number of anilines is 2. The highest BCUT2D eigenvalue weighted by Gasteiger charge is 2.14. The molecule has 0 spiro atoms. The number of hydrogen-bond donors (Lipinski definition) is 2. The zero-order valence-electron chi connectivity index (χ0n) is 11.7. The largest absolute Gasteiger partial charge is 0.380 e. The molecule has 1 atom stereocenters. The molecule has 5 heteroatoms. The molecule has 1 rings (SSSR count). The van der Waals surface area contributed by atoms with Crippen molar-refractivity contribution in [2.45, 2.75) is 33.7 Å². The zero-order valence-corrected chi connectivity index (χ0v) is 11.7. The topological polar surface area (TPSA) is 59.1 Å². The smallest absolute Gasteiger partial charge is 0.131 e. The predicted molar refractivity (Wildman–Crippen MR) is 74.9 cm³/mol. The maximum Gasteiger partial charge on any atom is 0.131 e. The van der Waals surface area contributed by atoms with Crippen LogP contribution in [0.25, 0.3) is 0 Å². The summed E-state index contributed by atoms with van der Waals surface area (Å²) in [5, 5.41) is 6.57. The molecule has 1 heterocycles. The quantitative estimate of drug-likeness (QED) is 0.744. The number of rotatable bonds is 8. The van der Waals surface area contributed by atoms with Crippen molar-refractivity contribution < 1.29 is 4.74 Å². The minimum absolute atomic E-state index is 0.259. The molecule has 5 nitrogen and oxygen atoms in total. The lowest BCUT2D eigenvalue weighted by molar-refractivity contribution is 0.126. The Balaban J connectivity index is 2.64. The number of hydrogen-bond acceptors (Lipinski definition) is 5. The summed E-state index contributed by atoms with van der Waals surface area (Å²) in [6.07, 6.45) is 1.57. The van der Waals surface area contributed by atoms with Crippen LogP contribution >= 0.6 is 0 Å². The van der Waals surface area contributed by atoms with Crippen LogP contribution < -0.4 is 10.6 Å². The first-order chi connectivity index (χ1) is 8.67. The standard InChI is InChI=1S/C13H24N4O/c1-5-14-12-7-13(16-9-15-12)17-11(10(3)4)8-18-6-2/h7,9-11H,5-6,8H2,1-4H3,(H2,14,15,16,17). The highest BCUT2D eigenvalue weighted by Crippen LogP contribution is 2.13. The summed E-state index contributed by atoms with van der Waals surface area (Å²) in [5.74, 6) is 2.15. The minimum atomic E-state index is 0.259. The molecule has 0 radical (unpaired) electrons. The molecule has 2 N–H and O–H groups in total. The van der Waals surface area contributed by atoms with E-state index in [0.29, 0.717) is 12.5 Å². The second-order valence-electron chi connectivity index (χ2n) is 4.47. The van der Waals surface area contributed by atoms with Crippen LogP contribution in [0.4, 0.5) is 11.6 Å². The zero-order chi connectivity index (χ0) is 13.4. The Morgan fingerprint density at radius 3 is 2.56 bits per heavy atom. The fourth-order valence-corrected chi connectivity index (χ4v) is 1.55. The molecular formula is C13H24N4O. The van der Waals surface area contributed by atoms with E-state index < -0.39 is 0 Å². The fraction of sp³-hybridized carbons (Fsp3) is 0.692. The first-order valence-corrected chi connectivity index (χ1v) is 6.57. The van der Waals surface area contributed by atoms with Crippen LogP contribution in [0.2, 0.25) is 0 Å². The monoisotopic (exact) mass is 252 g/mol. The van der Waals surface area contributed by atoms with E-state index >= 15 is 0 Å². The third-order valence-electron chi connectivity index (χ3n) is 2.66. The Morgan fingerprint density at radius 2 is 1.94 bits per heavy atom. The van der Waals surface area contributed by atoms with Crippen molar-refractivity contribution in [1.82, 2.24) is 9.97 Å². The average molecular weight is 252 g/mol. The van der Waals surface area contributed by atoms with Crippen molar-refractivity contribution in [1.29, 1.82) is 0 Å². The Bertz CT molecular complexity index is 344. The lowest BCUT2D eigenvalue weighted by atomic mass is 10.1. The lowest BCUT2D eigenvalue weighted by Gasteiger charge is -2.22. The van der Waals surface area contributed by atoms with Crippen molar-refractivity contribution >= 4 is 11.6 Å². The molecule has 0 saturated carbocycles. The minimum Gasteiger partial charge on any atom is -0.380 e. The molecule has 0 aliphatic carbocycles. The molecule has 0 amide bonds. The van der Waals surface area contributed by atoms with E-state index in [1.165, 1.54) is 0 Å². The van der Waals surface area contributed by atoms with Crippen LogP contribution in [-0.2, 0) is 4.74 Å². The molecule has 18 heavy (non-hydrogen) atoms. The van der Waals surface area contributed by atoms with Gasteiger partial charge in [-0.05, 0) is 19.8 Å². The maximum absolute atomic E-state index is 5.49. The van der Waals surface area contributed by atoms with E-state index in [4.69, 9.17) is 4.74 Å². The third-order valence-corrected chi connectivity index (χ3v) is 2.66. The van der Waals surface area contributed by atoms with Gasteiger partial charge in [0, 0.05) is 19.2 Å². The maximum atomic E-state index is 5.49. The van der Waals surface area contributed by atoms with Gasteiger partial charge in [-0.2, -0.15) is 0 Å². The van der Waals surface area contributed by atoms with Gasteiger partial charge in [0.15, 0.2) is 0 Å².